The van der Waals surface area contributed by atoms with Crippen molar-refractivity contribution in [1.29, 1.82) is 0 Å². The molecule has 138 valence electrons. The first-order chi connectivity index (χ1) is 12.2. The highest BCUT2D eigenvalue weighted by Crippen LogP contribution is 2.43. The van der Waals surface area contributed by atoms with Gasteiger partial charge < -0.3 is 15.1 Å². The largest absolute Gasteiger partial charge is 0.507 e. The average molecular weight is 402 g/mol. The number of carbonyl (C=O) groups excluding carboxylic acids is 1. The standard InChI is InChI=1S/C17H14ClF2NO4S/c1-7-8(5-15(23)24)9-4-12(22)10(18)6-11(9)21(7)17(25)14-3-2-13(26-14)16(19)20/h2-4,11,16,22H,5-6H2,1H3,(H,23,24). The summed E-state index contributed by atoms with van der Waals surface area (Å²) in [7, 11) is 0. The molecule has 2 N–H and O–H groups in total. The van der Waals surface area contributed by atoms with Gasteiger partial charge in [-0.1, -0.05) is 11.6 Å². The van der Waals surface area contributed by atoms with Crippen LogP contribution in [0.4, 0.5) is 8.78 Å². The number of rotatable bonds is 4. The van der Waals surface area contributed by atoms with Crippen molar-refractivity contribution < 1.29 is 28.6 Å². The molecule has 1 unspecified atom stereocenters. The number of alkyl halides is 2. The smallest absolute Gasteiger partial charge is 0.307 e. The topological polar surface area (TPSA) is 77.8 Å². The Morgan fingerprint density at radius 2 is 2.12 bits per heavy atom. The number of hydrogen-bond acceptors (Lipinski definition) is 4. The zero-order valence-electron chi connectivity index (χ0n) is 13.5. The van der Waals surface area contributed by atoms with Crippen molar-refractivity contribution in [3.05, 3.63) is 55.6 Å². The Labute approximate surface area is 156 Å². The van der Waals surface area contributed by atoms with Gasteiger partial charge in [0.1, 0.15) is 5.76 Å². The second-order valence-corrected chi connectivity index (χ2v) is 7.49. The number of carboxylic acid groups (broad SMARTS) is 1. The van der Waals surface area contributed by atoms with Gasteiger partial charge >= 0.3 is 5.97 Å². The van der Waals surface area contributed by atoms with Crippen molar-refractivity contribution in [2.75, 3.05) is 0 Å². The van der Waals surface area contributed by atoms with E-state index in [9.17, 15) is 23.5 Å². The summed E-state index contributed by atoms with van der Waals surface area (Å²) < 4.78 is 25.6. The van der Waals surface area contributed by atoms with E-state index in [0.717, 1.165) is 0 Å². The second kappa shape index (κ2) is 6.85. The van der Waals surface area contributed by atoms with Crippen molar-refractivity contribution in [2.24, 2.45) is 0 Å². The number of hydrogen-bond donors (Lipinski definition) is 2. The molecule has 2 heterocycles. The van der Waals surface area contributed by atoms with E-state index in [-0.39, 0.29) is 33.4 Å². The normalized spacial score (nSPS) is 20.0. The SMILES string of the molecule is CC1=C(CC(=O)O)C2=CC(O)=C(Cl)CC2N1C(=O)c1ccc(C(F)F)s1. The molecule has 5 nitrogen and oxygen atoms in total. The lowest BCUT2D eigenvalue weighted by atomic mass is 9.92. The molecule has 0 bridgehead atoms. The molecule has 0 fully saturated rings. The van der Waals surface area contributed by atoms with E-state index in [1.54, 1.807) is 6.92 Å². The molecule has 1 aromatic heterocycles. The maximum atomic E-state index is 12.9. The summed E-state index contributed by atoms with van der Waals surface area (Å²) >= 11 is 6.71. The van der Waals surface area contributed by atoms with E-state index in [1.165, 1.54) is 23.1 Å². The molecule has 3 rings (SSSR count). The number of fused-ring (bicyclic) bond motifs is 1. The Kier molecular flexibility index (Phi) is 4.90. The number of halogens is 3. The van der Waals surface area contributed by atoms with Gasteiger partial charge in [-0.05, 0) is 36.3 Å². The van der Waals surface area contributed by atoms with E-state index in [0.29, 0.717) is 28.2 Å². The summed E-state index contributed by atoms with van der Waals surface area (Å²) in [6.45, 7) is 1.60. The van der Waals surface area contributed by atoms with Crippen molar-refractivity contribution in [3.8, 4) is 0 Å². The van der Waals surface area contributed by atoms with Gasteiger partial charge in [0.15, 0.2) is 0 Å². The molecule has 0 saturated heterocycles. The van der Waals surface area contributed by atoms with E-state index in [4.69, 9.17) is 16.7 Å². The van der Waals surface area contributed by atoms with E-state index >= 15 is 0 Å². The number of thiophene rings is 1. The van der Waals surface area contributed by atoms with Crippen LogP contribution in [0.1, 0.15) is 40.7 Å². The lowest BCUT2D eigenvalue weighted by molar-refractivity contribution is -0.136. The molecule has 1 amide bonds. The number of carbonyl (C=O) groups is 2. The van der Waals surface area contributed by atoms with Crippen LogP contribution in [0.5, 0.6) is 0 Å². The Hall–Kier alpha value is -2.19. The van der Waals surface area contributed by atoms with Crippen LogP contribution in [0.15, 0.2) is 45.8 Å². The van der Waals surface area contributed by atoms with E-state index < -0.39 is 24.3 Å². The monoisotopic (exact) mass is 401 g/mol. The molecule has 9 heteroatoms. The molecule has 2 aliphatic rings. The van der Waals surface area contributed by atoms with Crippen LogP contribution in [-0.4, -0.2) is 33.0 Å². The van der Waals surface area contributed by atoms with Crippen LogP contribution in [0.2, 0.25) is 0 Å². The number of aliphatic hydroxyl groups is 1. The summed E-state index contributed by atoms with van der Waals surface area (Å²) in [6, 6.07) is 1.96. The Bertz CT molecular complexity index is 887. The van der Waals surface area contributed by atoms with Crippen LogP contribution >= 0.6 is 22.9 Å². The fraction of sp³-hybridized carbons (Fsp3) is 0.294. The van der Waals surface area contributed by atoms with Crippen LogP contribution < -0.4 is 0 Å². The first kappa shape index (κ1) is 18.6. The molecule has 0 saturated carbocycles. The van der Waals surface area contributed by atoms with Crippen LogP contribution in [-0.2, 0) is 4.79 Å². The summed E-state index contributed by atoms with van der Waals surface area (Å²) in [4.78, 5) is 25.4. The number of allylic oxidation sites excluding steroid dienone is 2. The molecular formula is C17H14ClF2NO4S. The first-order valence-electron chi connectivity index (χ1n) is 7.63. The van der Waals surface area contributed by atoms with Crippen molar-refractivity contribution in [1.82, 2.24) is 4.90 Å². The van der Waals surface area contributed by atoms with Crippen LogP contribution in [0.3, 0.4) is 0 Å². The highest BCUT2D eigenvalue weighted by Gasteiger charge is 2.41. The number of carboxylic acids is 1. The maximum Gasteiger partial charge on any atom is 0.307 e. The highest BCUT2D eigenvalue weighted by molar-refractivity contribution is 7.14. The fourth-order valence-corrected chi connectivity index (χ4v) is 4.19. The number of aliphatic carboxylic acids is 1. The third-order valence-corrected chi connectivity index (χ3v) is 5.79. The van der Waals surface area contributed by atoms with Gasteiger partial charge in [0.05, 0.1) is 27.2 Å². The molecule has 0 aromatic carbocycles. The van der Waals surface area contributed by atoms with Crippen molar-refractivity contribution in [2.45, 2.75) is 32.2 Å². The number of amides is 1. The zero-order chi connectivity index (χ0) is 19.2. The van der Waals surface area contributed by atoms with Gasteiger partial charge in [0, 0.05) is 12.1 Å². The highest BCUT2D eigenvalue weighted by atomic mass is 35.5. The molecule has 0 radical (unpaired) electrons. The minimum Gasteiger partial charge on any atom is -0.507 e. The molecule has 26 heavy (non-hydrogen) atoms. The Morgan fingerprint density at radius 1 is 1.42 bits per heavy atom. The lowest BCUT2D eigenvalue weighted by Crippen LogP contribution is -2.36. The summed E-state index contributed by atoms with van der Waals surface area (Å²) in [5.41, 5.74) is 1.34. The minimum atomic E-state index is -2.67. The lowest BCUT2D eigenvalue weighted by Gasteiger charge is -2.28. The van der Waals surface area contributed by atoms with Gasteiger partial charge in [-0.15, -0.1) is 11.3 Å². The van der Waals surface area contributed by atoms with Crippen LogP contribution in [0, 0.1) is 0 Å². The van der Waals surface area contributed by atoms with Crippen molar-refractivity contribution in [3.63, 3.8) is 0 Å². The second-order valence-electron chi connectivity index (χ2n) is 5.92. The Morgan fingerprint density at radius 3 is 2.69 bits per heavy atom. The van der Waals surface area contributed by atoms with Gasteiger partial charge in [0.25, 0.3) is 12.3 Å². The molecule has 1 aliphatic carbocycles. The molecular weight excluding hydrogens is 388 g/mol. The molecule has 1 atom stereocenters. The number of aliphatic hydroxyl groups excluding tert-OH is 1. The Balaban J connectivity index is 2.03. The van der Waals surface area contributed by atoms with Gasteiger partial charge in [0.2, 0.25) is 0 Å². The van der Waals surface area contributed by atoms with Gasteiger partial charge in [-0.3, -0.25) is 9.59 Å². The predicted octanol–water partition coefficient (Wildman–Crippen LogP) is 4.60. The molecule has 0 spiro atoms. The first-order valence-corrected chi connectivity index (χ1v) is 8.82. The predicted molar refractivity (Wildman–Crippen MR) is 92.4 cm³/mol. The maximum absolute atomic E-state index is 12.9. The molecule has 1 aromatic rings. The third-order valence-electron chi connectivity index (χ3n) is 4.36. The summed E-state index contributed by atoms with van der Waals surface area (Å²) in [5, 5.41) is 19.2. The summed E-state index contributed by atoms with van der Waals surface area (Å²) in [5.74, 6) is -1.75. The quantitative estimate of drug-likeness (QED) is 0.773. The van der Waals surface area contributed by atoms with E-state index in [2.05, 4.69) is 0 Å². The minimum absolute atomic E-state index is 0.124. The third kappa shape index (κ3) is 3.14. The summed E-state index contributed by atoms with van der Waals surface area (Å²) in [6.07, 6.45) is -1.50. The van der Waals surface area contributed by atoms with Crippen molar-refractivity contribution >= 4 is 34.8 Å². The zero-order valence-corrected chi connectivity index (χ0v) is 15.1. The average Bonchev–Trinajstić information content (AvgIpc) is 3.13. The molecule has 1 aliphatic heterocycles. The van der Waals surface area contributed by atoms with Gasteiger partial charge in [-0.25, -0.2) is 8.78 Å². The van der Waals surface area contributed by atoms with Gasteiger partial charge in [-0.2, -0.15) is 0 Å². The fourth-order valence-electron chi connectivity index (χ4n) is 3.19. The van der Waals surface area contributed by atoms with Crippen LogP contribution in [0.25, 0.3) is 0 Å². The van der Waals surface area contributed by atoms with E-state index in [1.807, 2.05) is 0 Å². The number of nitrogens with zero attached hydrogens (tertiary/aromatic N) is 1.